The van der Waals surface area contributed by atoms with Crippen molar-refractivity contribution in [3.05, 3.63) is 65.5 Å². The van der Waals surface area contributed by atoms with E-state index in [0.717, 1.165) is 11.1 Å². The molecule has 1 heteroatoms. The zero-order valence-electron chi connectivity index (χ0n) is 10.0. The summed E-state index contributed by atoms with van der Waals surface area (Å²) in [5, 5.41) is 0. The second kappa shape index (κ2) is 5.45. The second-order valence-corrected chi connectivity index (χ2v) is 3.97. The molecule has 0 N–H and O–H groups in total. The molecule has 1 rings (SSSR count). The van der Waals surface area contributed by atoms with Crippen molar-refractivity contribution in [2.45, 2.75) is 20.8 Å². The number of aryl methyl sites for hydroxylation is 1. The fourth-order valence-corrected chi connectivity index (χ4v) is 1.25. The molecule has 1 aromatic rings. The molecule has 16 heavy (non-hydrogen) atoms. The first kappa shape index (κ1) is 12.4. The Labute approximate surface area is 96.8 Å². The lowest BCUT2D eigenvalue weighted by Gasteiger charge is -2.01. The summed E-state index contributed by atoms with van der Waals surface area (Å²) in [6.45, 7) is 9.03. The molecule has 0 unspecified atom stereocenters. The van der Waals surface area contributed by atoms with E-state index >= 15 is 0 Å². The van der Waals surface area contributed by atoms with Crippen LogP contribution in [0.2, 0.25) is 0 Å². The van der Waals surface area contributed by atoms with Gasteiger partial charge in [-0.1, -0.05) is 48.6 Å². The number of allylic oxidation sites excluding steroid dienone is 5. The van der Waals surface area contributed by atoms with Gasteiger partial charge in [0.1, 0.15) is 5.83 Å². The van der Waals surface area contributed by atoms with Crippen molar-refractivity contribution < 1.29 is 4.39 Å². The van der Waals surface area contributed by atoms with Crippen LogP contribution in [-0.2, 0) is 0 Å². The largest absolute Gasteiger partial charge is 0.207 e. The van der Waals surface area contributed by atoms with Gasteiger partial charge in [0.25, 0.3) is 0 Å². The molecule has 0 aliphatic carbocycles. The smallest absolute Gasteiger partial charge is 0.118 e. The highest BCUT2D eigenvalue weighted by Crippen LogP contribution is 2.16. The van der Waals surface area contributed by atoms with E-state index in [4.69, 9.17) is 0 Å². The lowest BCUT2D eigenvalue weighted by molar-refractivity contribution is 0.656. The molecule has 1 aromatic carbocycles. The van der Waals surface area contributed by atoms with E-state index in [1.165, 1.54) is 5.56 Å². The maximum absolute atomic E-state index is 12.7. The van der Waals surface area contributed by atoms with Gasteiger partial charge in [0, 0.05) is 0 Å². The van der Waals surface area contributed by atoms with Crippen molar-refractivity contribution in [1.29, 1.82) is 0 Å². The van der Waals surface area contributed by atoms with Gasteiger partial charge in [0.05, 0.1) is 0 Å². The number of benzene rings is 1. The molecule has 0 fully saturated rings. The molecule has 84 valence electrons. The van der Waals surface area contributed by atoms with Gasteiger partial charge in [0.2, 0.25) is 0 Å². The highest BCUT2D eigenvalue weighted by atomic mass is 19.1. The first-order valence-electron chi connectivity index (χ1n) is 5.27. The maximum atomic E-state index is 12.7. The van der Waals surface area contributed by atoms with E-state index in [1.807, 2.05) is 13.0 Å². The van der Waals surface area contributed by atoms with Gasteiger partial charge in [0.15, 0.2) is 0 Å². The van der Waals surface area contributed by atoms with E-state index in [9.17, 15) is 4.39 Å². The highest BCUT2D eigenvalue weighted by molar-refractivity contribution is 5.65. The van der Waals surface area contributed by atoms with Gasteiger partial charge >= 0.3 is 0 Å². The zero-order valence-corrected chi connectivity index (χ0v) is 10.0. The van der Waals surface area contributed by atoms with E-state index in [0.29, 0.717) is 5.57 Å². The first-order valence-corrected chi connectivity index (χ1v) is 5.27. The molecular formula is C15H17F. The van der Waals surface area contributed by atoms with Gasteiger partial charge in [-0.15, -0.1) is 0 Å². The van der Waals surface area contributed by atoms with Gasteiger partial charge < -0.3 is 0 Å². The predicted octanol–water partition coefficient (Wildman–Crippen LogP) is 4.83. The van der Waals surface area contributed by atoms with Crippen LogP contribution in [0.1, 0.15) is 25.0 Å². The summed E-state index contributed by atoms with van der Waals surface area (Å²) in [7, 11) is 0. The van der Waals surface area contributed by atoms with Crippen molar-refractivity contribution in [2.24, 2.45) is 0 Å². The number of halogens is 1. The van der Waals surface area contributed by atoms with E-state index in [-0.39, 0.29) is 5.83 Å². The Kier molecular flexibility index (Phi) is 4.24. The van der Waals surface area contributed by atoms with Gasteiger partial charge in [-0.2, -0.15) is 0 Å². The predicted molar refractivity (Wildman–Crippen MR) is 68.8 cm³/mol. The number of hydrogen-bond donors (Lipinski definition) is 0. The standard InChI is InChI=1S/C15H17F/c1-11-5-9-15(10-6-11)13(3)8-7-12(2)14(4)16/h5-10H,4H2,1-3H3/b12-7-,13-8+. The topological polar surface area (TPSA) is 0 Å². The van der Waals surface area contributed by atoms with Crippen LogP contribution in [0.15, 0.2) is 54.4 Å². The van der Waals surface area contributed by atoms with Crippen LogP contribution in [0, 0.1) is 6.92 Å². The molecule has 0 bridgehead atoms. The Morgan fingerprint density at radius 2 is 1.69 bits per heavy atom. The molecule has 0 nitrogen and oxygen atoms in total. The summed E-state index contributed by atoms with van der Waals surface area (Å²) in [6, 6.07) is 8.26. The minimum atomic E-state index is -0.382. The second-order valence-electron chi connectivity index (χ2n) is 3.97. The Hall–Kier alpha value is -1.63. The fraction of sp³-hybridized carbons (Fsp3) is 0.200. The summed E-state index contributed by atoms with van der Waals surface area (Å²) in [6.07, 6.45) is 3.66. The first-order chi connectivity index (χ1) is 7.50. The van der Waals surface area contributed by atoms with Crippen molar-refractivity contribution in [2.75, 3.05) is 0 Å². The number of hydrogen-bond acceptors (Lipinski definition) is 0. The quantitative estimate of drug-likeness (QED) is 0.635. The van der Waals surface area contributed by atoms with Gasteiger partial charge in [-0.3, -0.25) is 0 Å². The minimum Gasteiger partial charge on any atom is -0.207 e. The normalized spacial score (nSPS) is 12.8. The summed E-state index contributed by atoms with van der Waals surface area (Å²) >= 11 is 0. The van der Waals surface area contributed by atoms with E-state index < -0.39 is 0 Å². The Morgan fingerprint density at radius 1 is 1.12 bits per heavy atom. The summed E-state index contributed by atoms with van der Waals surface area (Å²) in [4.78, 5) is 0. The average Bonchev–Trinajstić information content (AvgIpc) is 2.26. The monoisotopic (exact) mass is 216 g/mol. The van der Waals surface area contributed by atoms with Crippen LogP contribution in [0.5, 0.6) is 0 Å². The molecule has 0 spiro atoms. The van der Waals surface area contributed by atoms with Gasteiger partial charge in [-0.05, 0) is 37.5 Å². The number of rotatable bonds is 3. The lowest BCUT2D eigenvalue weighted by Crippen LogP contribution is -1.80. The fourth-order valence-electron chi connectivity index (χ4n) is 1.25. The third kappa shape index (κ3) is 3.50. The van der Waals surface area contributed by atoms with Crippen LogP contribution in [0.25, 0.3) is 5.57 Å². The Morgan fingerprint density at radius 3 is 2.19 bits per heavy atom. The highest BCUT2D eigenvalue weighted by Gasteiger charge is 1.95. The van der Waals surface area contributed by atoms with Crippen molar-refractivity contribution in [3.63, 3.8) is 0 Å². The van der Waals surface area contributed by atoms with Crippen LogP contribution < -0.4 is 0 Å². The molecule has 0 aliphatic rings. The molecule has 0 saturated heterocycles. The van der Waals surface area contributed by atoms with Gasteiger partial charge in [-0.25, -0.2) is 4.39 Å². The molecule has 0 atom stereocenters. The third-order valence-electron chi connectivity index (χ3n) is 2.52. The van der Waals surface area contributed by atoms with Crippen molar-refractivity contribution >= 4 is 5.57 Å². The van der Waals surface area contributed by atoms with Crippen molar-refractivity contribution in [1.82, 2.24) is 0 Å². The molecule has 0 saturated carbocycles. The lowest BCUT2D eigenvalue weighted by atomic mass is 10.0. The summed E-state index contributed by atoms with van der Waals surface area (Å²) in [5.74, 6) is -0.382. The van der Waals surface area contributed by atoms with Crippen molar-refractivity contribution in [3.8, 4) is 0 Å². The Bertz CT molecular complexity index is 433. The average molecular weight is 216 g/mol. The third-order valence-corrected chi connectivity index (χ3v) is 2.52. The zero-order chi connectivity index (χ0) is 12.1. The van der Waals surface area contributed by atoms with Crippen LogP contribution in [0.4, 0.5) is 4.39 Å². The molecule has 0 aromatic heterocycles. The van der Waals surface area contributed by atoms with E-state index in [1.54, 1.807) is 13.0 Å². The Balaban J connectivity index is 2.90. The molecule has 0 heterocycles. The minimum absolute atomic E-state index is 0.382. The maximum Gasteiger partial charge on any atom is 0.118 e. The van der Waals surface area contributed by atoms with Crippen LogP contribution in [-0.4, -0.2) is 0 Å². The summed E-state index contributed by atoms with van der Waals surface area (Å²) < 4.78 is 12.7. The molecule has 0 amide bonds. The summed E-state index contributed by atoms with van der Waals surface area (Å²) in [5.41, 5.74) is 4.06. The molecular weight excluding hydrogens is 199 g/mol. The van der Waals surface area contributed by atoms with Crippen LogP contribution >= 0.6 is 0 Å². The molecule has 0 aliphatic heterocycles. The SMILES string of the molecule is C=C(F)/C(C)=C\C=C(/C)c1ccc(C)cc1. The van der Waals surface area contributed by atoms with Crippen LogP contribution in [0.3, 0.4) is 0 Å². The van der Waals surface area contributed by atoms with E-state index in [2.05, 4.69) is 37.8 Å². The molecule has 0 radical (unpaired) electrons.